The van der Waals surface area contributed by atoms with Gasteiger partial charge in [0, 0.05) is 24.4 Å². The quantitative estimate of drug-likeness (QED) is 0.924. The topological polar surface area (TPSA) is 47.0 Å². The molecule has 0 radical (unpaired) electrons. The zero-order valence-electron chi connectivity index (χ0n) is 10.5. The molecule has 2 rings (SSSR count). The van der Waals surface area contributed by atoms with Gasteiger partial charge >= 0.3 is 0 Å². The van der Waals surface area contributed by atoms with Gasteiger partial charge in [0.1, 0.15) is 11.6 Å². The number of aryl methyl sites for hydroxylation is 1. The van der Waals surface area contributed by atoms with Crippen molar-refractivity contribution >= 4 is 17.4 Å². The SMILES string of the molecule is CNc1nc(-c2ccc(OC)c(Cl)c2)ncc1C. The molecule has 0 aliphatic carbocycles. The summed E-state index contributed by atoms with van der Waals surface area (Å²) in [6.07, 6.45) is 1.78. The zero-order chi connectivity index (χ0) is 13.1. The van der Waals surface area contributed by atoms with E-state index in [9.17, 15) is 0 Å². The van der Waals surface area contributed by atoms with Crippen molar-refractivity contribution in [3.8, 4) is 17.1 Å². The zero-order valence-corrected chi connectivity index (χ0v) is 11.2. The Morgan fingerprint density at radius 1 is 1.33 bits per heavy atom. The Labute approximate surface area is 111 Å². The molecule has 1 aromatic heterocycles. The molecule has 18 heavy (non-hydrogen) atoms. The van der Waals surface area contributed by atoms with E-state index in [1.165, 1.54) is 0 Å². The molecule has 1 aromatic carbocycles. The van der Waals surface area contributed by atoms with Gasteiger partial charge < -0.3 is 10.1 Å². The van der Waals surface area contributed by atoms with Crippen molar-refractivity contribution in [2.45, 2.75) is 6.92 Å². The highest BCUT2D eigenvalue weighted by molar-refractivity contribution is 6.32. The average Bonchev–Trinajstić information content (AvgIpc) is 2.39. The second kappa shape index (κ2) is 5.23. The standard InChI is InChI=1S/C13H14ClN3O/c1-8-7-16-13(17-12(8)15-2)9-4-5-11(18-3)10(14)6-9/h4-7H,1-3H3,(H,15,16,17). The first-order chi connectivity index (χ1) is 8.65. The van der Waals surface area contributed by atoms with Gasteiger partial charge in [-0.1, -0.05) is 11.6 Å². The van der Waals surface area contributed by atoms with Gasteiger partial charge in [0.05, 0.1) is 12.1 Å². The number of rotatable bonds is 3. The van der Waals surface area contributed by atoms with E-state index in [2.05, 4.69) is 15.3 Å². The van der Waals surface area contributed by atoms with Crippen LogP contribution >= 0.6 is 11.6 Å². The van der Waals surface area contributed by atoms with Crippen molar-refractivity contribution in [3.05, 3.63) is 35.0 Å². The maximum Gasteiger partial charge on any atom is 0.161 e. The summed E-state index contributed by atoms with van der Waals surface area (Å²) >= 11 is 6.09. The fraction of sp³-hybridized carbons (Fsp3) is 0.231. The van der Waals surface area contributed by atoms with Gasteiger partial charge in [-0.05, 0) is 25.1 Å². The predicted molar refractivity (Wildman–Crippen MR) is 73.3 cm³/mol. The van der Waals surface area contributed by atoms with E-state index < -0.39 is 0 Å². The lowest BCUT2D eigenvalue weighted by atomic mass is 10.2. The minimum absolute atomic E-state index is 0.546. The lowest BCUT2D eigenvalue weighted by Gasteiger charge is -2.08. The van der Waals surface area contributed by atoms with Gasteiger partial charge in [0.15, 0.2) is 5.82 Å². The second-order valence-corrected chi connectivity index (χ2v) is 4.23. The first kappa shape index (κ1) is 12.6. The molecule has 0 aliphatic rings. The molecule has 2 aromatic rings. The van der Waals surface area contributed by atoms with Crippen LogP contribution in [0, 0.1) is 6.92 Å². The van der Waals surface area contributed by atoms with Crippen molar-refractivity contribution < 1.29 is 4.74 Å². The van der Waals surface area contributed by atoms with Gasteiger partial charge in [-0.25, -0.2) is 9.97 Å². The molecule has 0 fully saturated rings. The van der Waals surface area contributed by atoms with Crippen molar-refractivity contribution in [1.29, 1.82) is 0 Å². The highest BCUT2D eigenvalue weighted by atomic mass is 35.5. The molecule has 0 aliphatic heterocycles. The van der Waals surface area contributed by atoms with Crippen LogP contribution in [0.15, 0.2) is 24.4 Å². The highest BCUT2D eigenvalue weighted by Crippen LogP contribution is 2.29. The molecular weight excluding hydrogens is 250 g/mol. The van der Waals surface area contributed by atoms with Crippen LogP contribution in [-0.2, 0) is 0 Å². The van der Waals surface area contributed by atoms with Crippen molar-refractivity contribution in [1.82, 2.24) is 9.97 Å². The Hall–Kier alpha value is -1.81. The predicted octanol–water partition coefficient (Wildman–Crippen LogP) is 3.16. The molecule has 4 nitrogen and oxygen atoms in total. The third-order valence-corrected chi connectivity index (χ3v) is 2.91. The van der Waals surface area contributed by atoms with Crippen LogP contribution < -0.4 is 10.1 Å². The first-order valence-electron chi connectivity index (χ1n) is 5.51. The van der Waals surface area contributed by atoms with Gasteiger partial charge in [-0.2, -0.15) is 0 Å². The Balaban J connectivity index is 2.45. The lowest BCUT2D eigenvalue weighted by molar-refractivity contribution is 0.415. The Morgan fingerprint density at radius 3 is 2.72 bits per heavy atom. The molecule has 1 heterocycles. The van der Waals surface area contributed by atoms with Crippen LogP contribution in [0.2, 0.25) is 5.02 Å². The number of aromatic nitrogens is 2. The number of halogens is 1. The third-order valence-electron chi connectivity index (χ3n) is 2.62. The molecular formula is C13H14ClN3O. The lowest BCUT2D eigenvalue weighted by Crippen LogP contribution is -1.99. The molecule has 5 heteroatoms. The summed E-state index contributed by atoms with van der Waals surface area (Å²) in [5.41, 5.74) is 1.86. The minimum atomic E-state index is 0.546. The number of methoxy groups -OCH3 is 1. The van der Waals surface area contributed by atoms with E-state index in [0.29, 0.717) is 16.6 Å². The normalized spacial score (nSPS) is 10.2. The van der Waals surface area contributed by atoms with Crippen molar-refractivity contribution in [2.24, 2.45) is 0 Å². The largest absolute Gasteiger partial charge is 0.495 e. The number of benzene rings is 1. The summed E-state index contributed by atoms with van der Waals surface area (Å²) in [5.74, 6) is 2.09. The maximum atomic E-state index is 6.09. The first-order valence-corrected chi connectivity index (χ1v) is 5.89. The molecule has 0 unspecified atom stereocenters. The number of nitrogens with one attached hydrogen (secondary N) is 1. The van der Waals surface area contributed by atoms with Crippen LogP contribution in [0.5, 0.6) is 5.75 Å². The van der Waals surface area contributed by atoms with E-state index in [0.717, 1.165) is 16.9 Å². The Kier molecular flexibility index (Phi) is 3.67. The second-order valence-electron chi connectivity index (χ2n) is 3.82. The average molecular weight is 264 g/mol. The van der Waals surface area contributed by atoms with E-state index >= 15 is 0 Å². The fourth-order valence-electron chi connectivity index (χ4n) is 1.64. The Morgan fingerprint density at radius 2 is 2.11 bits per heavy atom. The van der Waals surface area contributed by atoms with E-state index in [-0.39, 0.29) is 0 Å². The van der Waals surface area contributed by atoms with E-state index in [1.54, 1.807) is 25.4 Å². The molecule has 0 amide bonds. The summed E-state index contributed by atoms with van der Waals surface area (Å²) in [4.78, 5) is 8.74. The Bertz CT molecular complexity index is 572. The van der Waals surface area contributed by atoms with Crippen molar-refractivity contribution in [3.63, 3.8) is 0 Å². The molecule has 0 atom stereocenters. The fourth-order valence-corrected chi connectivity index (χ4v) is 1.90. The van der Waals surface area contributed by atoms with Crippen LogP contribution in [0.4, 0.5) is 5.82 Å². The number of nitrogens with zero attached hydrogens (tertiary/aromatic N) is 2. The molecule has 0 bridgehead atoms. The van der Waals surface area contributed by atoms with Gasteiger partial charge in [0.2, 0.25) is 0 Å². The molecule has 0 spiro atoms. The van der Waals surface area contributed by atoms with E-state index in [1.807, 2.05) is 20.0 Å². The highest BCUT2D eigenvalue weighted by Gasteiger charge is 2.08. The van der Waals surface area contributed by atoms with Crippen LogP contribution in [0.1, 0.15) is 5.56 Å². The van der Waals surface area contributed by atoms with Gasteiger partial charge in [-0.15, -0.1) is 0 Å². The van der Waals surface area contributed by atoms with E-state index in [4.69, 9.17) is 16.3 Å². The maximum absolute atomic E-state index is 6.09. The molecule has 94 valence electrons. The number of anilines is 1. The van der Waals surface area contributed by atoms with Crippen molar-refractivity contribution in [2.75, 3.05) is 19.5 Å². The number of ether oxygens (including phenoxy) is 1. The molecule has 1 N–H and O–H groups in total. The van der Waals surface area contributed by atoms with Gasteiger partial charge in [0.25, 0.3) is 0 Å². The van der Waals surface area contributed by atoms with Crippen LogP contribution in [-0.4, -0.2) is 24.1 Å². The van der Waals surface area contributed by atoms with Gasteiger partial charge in [-0.3, -0.25) is 0 Å². The summed E-state index contributed by atoms with van der Waals surface area (Å²) < 4.78 is 5.11. The number of hydrogen-bond acceptors (Lipinski definition) is 4. The minimum Gasteiger partial charge on any atom is -0.495 e. The molecule has 0 saturated heterocycles. The van der Waals surface area contributed by atoms with Crippen LogP contribution in [0.3, 0.4) is 0 Å². The third kappa shape index (κ3) is 2.38. The summed E-state index contributed by atoms with van der Waals surface area (Å²) in [6.45, 7) is 1.95. The molecule has 0 saturated carbocycles. The number of hydrogen-bond donors (Lipinski definition) is 1. The smallest absolute Gasteiger partial charge is 0.161 e. The monoisotopic (exact) mass is 263 g/mol. The van der Waals surface area contributed by atoms with Crippen LogP contribution in [0.25, 0.3) is 11.4 Å². The summed E-state index contributed by atoms with van der Waals surface area (Å²) in [6, 6.07) is 5.49. The summed E-state index contributed by atoms with van der Waals surface area (Å²) in [7, 11) is 3.42. The summed E-state index contributed by atoms with van der Waals surface area (Å²) in [5, 5.41) is 3.58.